The number of H-pyrrole nitrogens is 1. The van der Waals surface area contributed by atoms with Gasteiger partial charge in [-0.15, -0.1) is 0 Å². The van der Waals surface area contributed by atoms with Crippen LogP contribution in [0, 0.1) is 0 Å². The third kappa shape index (κ3) is 2.46. The molecule has 0 aromatic carbocycles. The molecular weight excluding hydrogens is 246 g/mol. The van der Waals surface area contributed by atoms with E-state index in [1.165, 1.54) is 0 Å². The molecule has 7 nitrogen and oxygen atoms in total. The van der Waals surface area contributed by atoms with Gasteiger partial charge < -0.3 is 15.2 Å². The second-order valence-electron chi connectivity index (χ2n) is 4.99. The number of fused-ring (bicyclic) bond motifs is 1. The van der Waals surface area contributed by atoms with Crippen molar-refractivity contribution in [2.24, 2.45) is 0 Å². The van der Waals surface area contributed by atoms with Crippen LogP contribution in [0.25, 0.3) is 11.0 Å². The predicted molar refractivity (Wildman–Crippen MR) is 69.8 cm³/mol. The number of nitrogens with zero attached hydrogens (tertiary/aromatic N) is 3. The highest BCUT2D eigenvalue weighted by Crippen LogP contribution is 2.27. The molecule has 7 heteroatoms. The molecule has 0 amide bonds. The number of nitrogens with one attached hydrogen (secondary N) is 1. The van der Waals surface area contributed by atoms with Crippen LogP contribution in [0.2, 0.25) is 0 Å². The summed E-state index contributed by atoms with van der Waals surface area (Å²) in [5.41, 5.74) is 6.26. The number of anilines is 1. The van der Waals surface area contributed by atoms with Crippen molar-refractivity contribution in [3.8, 4) is 5.88 Å². The Bertz CT molecular complexity index is 575. The van der Waals surface area contributed by atoms with Crippen LogP contribution in [0.4, 0.5) is 5.95 Å². The summed E-state index contributed by atoms with van der Waals surface area (Å²) < 4.78 is 11.7. The van der Waals surface area contributed by atoms with Crippen LogP contribution in [0.1, 0.15) is 26.7 Å². The van der Waals surface area contributed by atoms with E-state index in [1.807, 2.05) is 13.8 Å². The van der Waals surface area contributed by atoms with E-state index in [1.54, 1.807) is 6.20 Å². The maximum Gasteiger partial charge on any atom is 0.229 e. The van der Waals surface area contributed by atoms with E-state index in [9.17, 15) is 0 Å². The molecule has 1 aliphatic heterocycles. The first-order chi connectivity index (χ1) is 9.11. The summed E-state index contributed by atoms with van der Waals surface area (Å²) in [5.74, 6) is 0.669. The van der Waals surface area contributed by atoms with Gasteiger partial charge in [-0.3, -0.25) is 5.10 Å². The molecule has 2 aromatic rings. The lowest BCUT2D eigenvalue weighted by molar-refractivity contribution is -0.0726. The lowest BCUT2D eigenvalue weighted by Gasteiger charge is -2.31. The van der Waals surface area contributed by atoms with E-state index >= 15 is 0 Å². The molecule has 0 bridgehead atoms. The van der Waals surface area contributed by atoms with E-state index < -0.39 is 0 Å². The van der Waals surface area contributed by atoms with E-state index in [2.05, 4.69) is 20.2 Å². The first-order valence-corrected chi connectivity index (χ1v) is 6.40. The number of aromatic amines is 1. The molecule has 1 aliphatic rings. The van der Waals surface area contributed by atoms with Crippen molar-refractivity contribution < 1.29 is 9.47 Å². The Labute approximate surface area is 110 Å². The van der Waals surface area contributed by atoms with Gasteiger partial charge >= 0.3 is 0 Å². The van der Waals surface area contributed by atoms with Crippen LogP contribution in [0.5, 0.6) is 5.88 Å². The van der Waals surface area contributed by atoms with Gasteiger partial charge in [-0.05, 0) is 13.8 Å². The second kappa shape index (κ2) is 4.65. The summed E-state index contributed by atoms with van der Waals surface area (Å²) in [4.78, 5) is 8.22. The van der Waals surface area contributed by atoms with Gasteiger partial charge in [0.05, 0.1) is 18.4 Å². The molecule has 3 N–H and O–H groups in total. The van der Waals surface area contributed by atoms with E-state index in [4.69, 9.17) is 15.2 Å². The fourth-order valence-electron chi connectivity index (χ4n) is 2.51. The van der Waals surface area contributed by atoms with Crippen LogP contribution in [0.15, 0.2) is 6.20 Å². The second-order valence-corrected chi connectivity index (χ2v) is 4.99. The molecule has 2 aromatic heterocycles. The van der Waals surface area contributed by atoms with Crippen molar-refractivity contribution in [1.82, 2.24) is 20.2 Å². The summed E-state index contributed by atoms with van der Waals surface area (Å²) in [7, 11) is 0. The summed E-state index contributed by atoms with van der Waals surface area (Å²) in [6, 6.07) is 0. The number of hydrogen-bond acceptors (Lipinski definition) is 6. The third-order valence-corrected chi connectivity index (χ3v) is 3.22. The fourth-order valence-corrected chi connectivity index (χ4v) is 2.51. The smallest absolute Gasteiger partial charge is 0.229 e. The standard InChI is InChI=1S/C12H17N5O2/c1-6-3-8(4-7(2)18-6)19-11-9-5-14-17-10(9)15-12(13)16-11/h5-8H,3-4H2,1-2H3,(H3,13,14,15,16,17). The van der Waals surface area contributed by atoms with Crippen LogP contribution in [0.3, 0.4) is 0 Å². The minimum atomic E-state index is 0.0751. The quantitative estimate of drug-likeness (QED) is 0.846. The number of nitrogen functional groups attached to an aromatic ring is 1. The molecule has 3 heterocycles. The van der Waals surface area contributed by atoms with Crippen molar-refractivity contribution in [1.29, 1.82) is 0 Å². The minimum Gasteiger partial charge on any atom is -0.474 e. The van der Waals surface area contributed by atoms with Gasteiger partial charge in [-0.1, -0.05) is 0 Å². The molecule has 0 aliphatic carbocycles. The number of nitrogens with two attached hydrogens (primary N) is 1. The Morgan fingerprint density at radius 1 is 1.32 bits per heavy atom. The van der Waals surface area contributed by atoms with Gasteiger partial charge in [-0.2, -0.15) is 15.1 Å². The highest BCUT2D eigenvalue weighted by molar-refractivity contribution is 5.80. The summed E-state index contributed by atoms with van der Waals surface area (Å²) in [6.45, 7) is 4.10. The molecule has 1 saturated heterocycles. The highest BCUT2D eigenvalue weighted by atomic mass is 16.5. The van der Waals surface area contributed by atoms with Crippen molar-refractivity contribution in [2.75, 3.05) is 5.73 Å². The van der Waals surface area contributed by atoms with Crippen molar-refractivity contribution in [2.45, 2.75) is 45.0 Å². The SMILES string of the molecule is CC1CC(Oc2nc(N)nc3[nH]ncc23)CC(C)O1. The summed E-state index contributed by atoms with van der Waals surface area (Å²) >= 11 is 0. The van der Waals surface area contributed by atoms with Crippen molar-refractivity contribution in [3.05, 3.63) is 6.20 Å². The normalized spacial score (nSPS) is 27.6. The Morgan fingerprint density at radius 2 is 2.05 bits per heavy atom. The average Bonchev–Trinajstić information content (AvgIpc) is 2.75. The number of aromatic nitrogens is 4. The first kappa shape index (κ1) is 12.2. The van der Waals surface area contributed by atoms with Gasteiger partial charge in [-0.25, -0.2) is 0 Å². The molecule has 19 heavy (non-hydrogen) atoms. The molecule has 0 spiro atoms. The molecular formula is C12H17N5O2. The Hall–Kier alpha value is -1.89. The lowest BCUT2D eigenvalue weighted by atomic mass is 10.0. The van der Waals surface area contributed by atoms with E-state index in [-0.39, 0.29) is 24.3 Å². The van der Waals surface area contributed by atoms with Crippen LogP contribution < -0.4 is 10.5 Å². The zero-order valence-electron chi connectivity index (χ0n) is 11.0. The lowest BCUT2D eigenvalue weighted by Crippen LogP contribution is -2.35. The number of hydrogen-bond donors (Lipinski definition) is 2. The van der Waals surface area contributed by atoms with Crippen molar-refractivity contribution in [3.63, 3.8) is 0 Å². The fraction of sp³-hybridized carbons (Fsp3) is 0.583. The molecule has 102 valence electrons. The molecule has 3 rings (SSSR count). The van der Waals surface area contributed by atoms with Crippen LogP contribution in [-0.2, 0) is 4.74 Å². The predicted octanol–water partition coefficient (Wildman–Crippen LogP) is 1.27. The summed E-state index contributed by atoms with van der Waals surface area (Å²) in [5, 5.41) is 7.46. The van der Waals surface area contributed by atoms with Crippen LogP contribution >= 0.6 is 0 Å². The molecule has 0 saturated carbocycles. The zero-order valence-corrected chi connectivity index (χ0v) is 11.0. The third-order valence-electron chi connectivity index (χ3n) is 3.22. The van der Waals surface area contributed by atoms with Crippen molar-refractivity contribution >= 4 is 17.0 Å². The first-order valence-electron chi connectivity index (χ1n) is 6.40. The molecule has 0 radical (unpaired) electrons. The monoisotopic (exact) mass is 263 g/mol. The molecule has 2 atom stereocenters. The maximum atomic E-state index is 5.98. The highest BCUT2D eigenvalue weighted by Gasteiger charge is 2.27. The largest absolute Gasteiger partial charge is 0.474 e. The Balaban J connectivity index is 1.86. The van der Waals surface area contributed by atoms with Gasteiger partial charge in [0.15, 0.2) is 5.65 Å². The molecule has 1 fully saturated rings. The average molecular weight is 263 g/mol. The van der Waals surface area contributed by atoms with E-state index in [0.717, 1.165) is 18.2 Å². The summed E-state index contributed by atoms with van der Waals surface area (Å²) in [6.07, 6.45) is 3.78. The topological polar surface area (TPSA) is 98.9 Å². The number of rotatable bonds is 2. The minimum absolute atomic E-state index is 0.0751. The van der Waals surface area contributed by atoms with Gasteiger partial charge in [0.1, 0.15) is 11.5 Å². The van der Waals surface area contributed by atoms with E-state index in [0.29, 0.717) is 11.5 Å². The zero-order chi connectivity index (χ0) is 13.4. The Morgan fingerprint density at radius 3 is 2.79 bits per heavy atom. The molecule has 2 unspecified atom stereocenters. The Kier molecular flexibility index (Phi) is 2.98. The van der Waals surface area contributed by atoms with Gasteiger partial charge in [0.2, 0.25) is 11.8 Å². The van der Waals surface area contributed by atoms with Gasteiger partial charge in [0, 0.05) is 12.8 Å². The van der Waals surface area contributed by atoms with Gasteiger partial charge in [0.25, 0.3) is 0 Å². The maximum absolute atomic E-state index is 5.98. The number of ether oxygens (including phenoxy) is 2. The van der Waals surface area contributed by atoms with Crippen LogP contribution in [-0.4, -0.2) is 38.5 Å².